The molecule has 0 saturated heterocycles. The van der Waals surface area contributed by atoms with Crippen LogP contribution in [0.3, 0.4) is 0 Å². The Morgan fingerprint density at radius 3 is 2.58 bits per heavy atom. The van der Waals surface area contributed by atoms with Crippen LogP contribution in [-0.2, 0) is 9.59 Å². The molecule has 7 nitrogen and oxygen atoms in total. The van der Waals surface area contributed by atoms with Crippen LogP contribution in [0.4, 0.5) is 8.78 Å². The third-order valence-corrected chi connectivity index (χ3v) is 7.28. The molecule has 1 unspecified atom stereocenters. The van der Waals surface area contributed by atoms with E-state index in [9.17, 15) is 18.4 Å². The fraction of sp³-hybridized carbons (Fsp3) is 0.625. The summed E-state index contributed by atoms with van der Waals surface area (Å²) in [5, 5.41) is 2.81. The highest BCUT2D eigenvalue weighted by Crippen LogP contribution is 2.56. The van der Waals surface area contributed by atoms with Gasteiger partial charge in [0, 0.05) is 18.5 Å². The second kappa shape index (κ2) is 7.95. The number of hydrogen-bond donors (Lipinski definition) is 2. The fourth-order valence-corrected chi connectivity index (χ4v) is 5.07. The standard InChI is InChI=1S/C24H32F2N4O3/c1-5-23(6-2)12-18(31)30(21(27)29-23)13-15-19(24(15,25)26)20(32)28-16-11-22(3,4)33-17-10-8-7-9-14(16)17/h7-10,15-16,19H,5-6,11-13H2,1-4H3,(H2,27,29)(H,28,32)/t15-,16+,19?/m1/s1. The first kappa shape index (κ1) is 23.4. The van der Waals surface area contributed by atoms with Crippen molar-refractivity contribution in [2.45, 2.75) is 76.5 Å². The molecule has 1 aliphatic carbocycles. The van der Waals surface area contributed by atoms with Crippen LogP contribution >= 0.6 is 0 Å². The van der Waals surface area contributed by atoms with Crippen molar-refractivity contribution in [3.63, 3.8) is 0 Å². The van der Waals surface area contributed by atoms with E-state index in [4.69, 9.17) is 10.5 Å². The summed E-state index contributed by atoms with van der Waals surface area (Å²) in [4.78, 5) is 31.2. The van der Waals surface area contributed by atoms with Gasteiger partial charge in [0.1, 0.15) is 17.3 Å². The molecule has 4 rings (SSSR count). The number of benzene rings is 1. The van der Waals surface area contributed by atoms with Crippen molar-refractivity contribution in [3.05, 3.63) is 29.8 Å². The number of nitrogens with zero attached hydrogens (tertiary/aromatic N) is 2. The van der Waals surface area contributed by atoms with Crippen LogP contribution in [0, 0.1) is 11.8 Å². The Kier molecular flexibility index (Phi) is 5.65. The van der Waals surface area contributed by atoms with Crippen LogP contribution in [0.5, 0.6) is 5.75 Å². The number of hydrogen-bond acceptors (Lipinski definition) is 5. The van der Waals surface area contributed by atoms with Crippen molar-refractivity contribution in [3.8, 4) is 5.75 Å². The van der Waals surface area contributed by atoms with E-state index >= 15 is 0 Å². The van der Waals surface area contributed by atoms with Gasteiger partial charge in [-0.25, -0.2) is 13.8 Å². The number of carbonyl (C=O) groups is 2. The number of halogens is 2. The van der Waals surface area contributed by atoms with E-state index < -0.39 is 40.8 Å². The zero-order valence-corrected chi connectivity index (χ0v) is 19.5. The molecule has 33 heavy (non-hydrogen) atoms. The van der Waals surface area contributed by atoms with Gasteiger partial charge in [0.2, 0.25) is 11.8 Å². The Bertz CT molecular complexity index is 990. The summed E-state index contributed by atoms with van der Waals surface area (Å²) >= 11 is 0. The third kappa shape index (κ3) is 4.17. The Balaban J connectivity index is 1.48. The SMILES string of the molecule is CCC1(CC)CC(=O)N(C[C@@H]2C(C(=O)N[C@H]3CC(C)(C)Oc4ccccc43)C2(F)F)C(N)=N1. The van der Waals surface area contributed by atoms with E-state index in [-0.39, 0.29) is 24.8 Å². The highest BCUT2D eigenvalue weighted by atomic mass is 19.3. The summed E-state index contributed by atoms with van der Waals surface area (Å²) in [5.41, 5.74) is 5.65. The van der Waals surface area contributed by atoms with Crippen molar-refractivity contribution < 1.29 is 23.1 Å². The number of amides is 2. The minimum atomic E-state index is -3.21. The van der Waals surface area contributed by atoms with Crippen molar-refractivity contribution >= 4 is 17.8 Å². The van der Waals surface area contributed by atoms with Gasteiger partial charge in [-0.05, 0) is 32.8 Å². The number of aliphatic imine (C=N–C) groups is 1. The van der Waals surface area contributed by atoms with Crippen molar-refractivity contribution in [1.29, 1.82) is 0 Å². The molecule has 2 heterocycles. The maximum atomic E-state index is 14.7. The van der Waals surface area contributed by atoms with Gasteiger partial charge in [0.15, 0.2) is 5.96 Å². The number of fused-ring (bicyclic) bond motifs is 1. The number of carbonyl (C=O) groups excluding carboxylic acids is 2. The summed E-state index contributed by atoms with van der Waals surface area (Å²) < 4.78 is 35.4. The van der Waals surface area contributed by atoms with E-state index in [0.29, 0.717) is 25.0 Å². The van der Waals surface area contributed by atoms with Gasteiger partial charge in [-0.3, -0.25) is 14.5 Å². The second-order valence-electron chi connectivity index (χ2n) is 10.0. The first-order valence-electron chi connectivity index (χ1n) is 11.5. The predicted molar refractivity (Wildman–Crippen MR) is 120 cm³/mol. The van der Waals surface area contributed by atoms with Crippen LogP contribution in [0.1, 0.15) is 65.0 Å². The fourth-order valence-electron chi connectivity index (χ4n) is 5.07. The molecule has 3 atom stereocenters. The molecule has 3 aliphatic rings. The first-order valence-corrected chi connectivity index (χ1v) is 11.5. The summed E-state index contributed by atoms with van der Waals surface area (Å²) in [6, 6.07) is 6.85. The molecule has 0 aromatic heterocycles. The molecule has 9 heteroatoms. The molecular formula is C24H32F2N4O3. The van der Waals surface area contributed by atoms with Crippen LogP contribution in [0.25, 0.3) is 0 Å². The highest BCUT2D eigenvalue weighted by molar-refractivity contribution is 5.99. The maximum absolute atomic E-state index is 14.7. The zero-order valence-electron chi connectivity index (χ0n) is 19.5. The third-order valence-electron chi connectivity index (χ3n) is 7.28. The van der Waals surface area contributed by atoms with E-state index in [2.05, 4.69) is 10.3 Å². The van der Waals surface area contributed by atoms with Gasteiger partial charge >= 0.3 is 0 Å². The average Bonchev–Trinajstić information content (AvgIpc) is 3.29. The van der Waals surface area contributed by atoms with Crippen molar-refractivity contribution in [2.75, 3.05) is 6.54 Å². The van der Waals surface area contributed by atoms with Crippen molar-refractivity contribution in [2.24, 2.45) is 22.6 Å². The van der Waals surface area contributed by atoms with Gasteiger partial charge in [0.05, 0.1) is 23.9 Å². The lowest BCUT2D eigenvalue weighted by Crippen LogP contribution is -2.52. The Hall–Kier alpha value is -2.71. The number of guanidine groups is 1. The maximum Gasteiger partial charge on any atom is 0.265 e. The summed E-state index contributed by atoms with van der Waals surface area (Å²) in [5.74, 6) is -6.48. The van der Waals surface area contributed by atoms with E-state index in [1.807, 2.05) is 45.9 Å². The highest BCUT2D eigenvalue weighted by Gasteiger charge is 2.72. The second-order valence-corrected chi connectivity index (χ2v) is 10.0. The van der Waals surface area contributed by atoms with Gasteiger partial charge in [0.25, 0.3) is 5.92 Å². The summed E-state index contributed by atoms with van der Waals surface area (Å²) in [6.45, 7) is 7.32. The van der Waals surface area contributed by atoms with E-state index in [1.54, 1.807) is 6.07 Å². The van der Waals surface area contributed by atoms with Crippen LogP contribution in [0.15, 0.2) is 29.3 Å². The Morgan fingerprint density at radius 1 is 1.27 bits per heavy atom. The number of nitrogens with one attached hydrogen (secondary N) is 1. The lowest BCUT2D eigenvalue weighted by Gasteiger charge is -2.38. The van der Waals surface area contributed by atoms with Gasteiger partial charge in [-0.15, -0.1) is 0 Å². The smallest absolute Gasteiger partial charge is 0.265 e. The minimum Gasteiger partial charge on any atom is -0.487 e. The van der Waals surface area contributed by atoms with Crippen LogP contribution in [0.2, 0.25) is 0 Å². The summed E-state index contributed by atoms with van der Waals surface area (Å²) in [7, 11) is 0. The lowest BCUT2D eigenvalue weighted by molar-refractivity contribution is -0.130. The molecule has 0 bridgehead atoms. The predicted octanol–water partition coefficient (Wildman–Crippen LogP) is 3.39. The molecule has 1 saturated carbocycles. The summed E-state index contributed by atoms with van der Waals surface area (Å²) in [6.07, 6.45) is 1.86. The molecule has 0 spiro atoms. The number of para-hydroxylation sites is 1. The number of rotatable bonds is 6. The number of nitrogens with two attached hydrogens (primary N) is 1. The average molecular weight is 463 g/mol. The molecule has 2 amide bonds. The molecule has 180 valence electrons. The van der Waals surface area contributed by atoms with Gasteiger partial charge in [-0.2, -0.15) is 0 Å². The van der Waals surface area contributed by atoms with Crippen molar-refractivity contribution in [1.82, 2.24) is 10.2 Å². The number of alkyl halides is 2. The molecule has 2 aliphatic heterocycles. The Labute approximate surface area is 192 Å². The van der Waals surface area contributed by atoms with E-state index in [1.165, 1.54) is 0 Å². The Morgan fingerprint density at radius 2 is 1.94 bits per heavy atom. The molecule has 1 fully saturated rings. The topological polar surface area (TPSA) is 97.0 Å². The molecule has 3 N–H and O–H groups in total. The largest absolute Gasteiger partial charge is 0.487 e. The normalized spacial score (nSPS) is 28.9. The van der Waals surface area contributed by atoms with E-state index in [0.717, 1.165) is 10.5 Å². The molecule has 0 radical (unpaired) electrons. The molecule has 1 aromatic carbocycles. The monoisotopic (exact) mass is 462 g/mol. The first-order chi connectivity index (χ1) is 15.4. The zero-order chi connectivity index (χ0) is 24.2. The molecular weight excluding hydrogens is 430 g/mol. The van der Waals surface area contributed by atoms with Gasteiger partial charge in [-0.1, -0.05) is 32.0 Å². The van der Waals surface area contributed by atoms with Crippen LogP contribution in [-0.4, -0.2) is 46.3 Å². The van der Waals surface area contributed by atoms with Crippen LogP contribution < -0.4 is 15.8 Å². The number of ether oxygens (including phenoxy) is 1. The van der Waals surface area contributed by atoms with Gasteiger partial charge < -0.3 is 15.8 Å². The quantitative estimate of drug-likeness (QED) is 0.677. The minimum absolute atomic E-state index is 0.0445. The lowest BCUT2D eigenvalue weighted by atomic mass is 9.88. The molecule has 1 aromatic rings.